The lowest BCUT2D eigenvalue weighted by Gasteiger charge is -2.16. The molecule has 2 aromatic rings. The normalized spacial score (nSPS) is 11.8. The summed E-state index contributed by atoms with van der Waals surface area (Å²) < 4.78 is 10.9. The van der Waals surface area contributed by atoms with Gasteiger partial charge < -0.3 is 9.47 Å². The van der Waals surface area contributed by atoms with Crippen LogP contribution in [0.2, 0.25) is 0 Å². The number of hydrogen-bond acceptors (Lipinski definition) is 4. The Kier molecular flexibility index (Phi) is 6.53. The largest absolute Gasteiger partial charge is 0.489 e. The molecule has 122 valence electrons. The second kappa shape index (κ2) is 8.63. The van der Waals surface area contributed by atoms with Crippen molar-refractivity contribution in [3.63, 3.8) is 0 Å². The minimum Gasteiger partial charge on any atom is -0.489 e. The van der Waals surface area contributed by atoms with Crippen molar-refractivity contribution in [1.29, 1.82) is 0 Å². The van der Waals surface area contributed by atoms with Gasteiger partial charge in [0.25, 0.3) is 0 Å². The highest BCUT2D eigenvalue weighted by Gasteiger charge is 2.20. The smallest absolute Gasteiger partial charge is 0.323 e. The van der Waals surface area contributed by atoms with Gasteiger partial charge in [-0.15, -0.1) is 0 Å². The second-order valence-electron chi connectivity index (χ2n) is 5.14. The lowest BCUT2D eigenvalue weighted by molar-refractivity contribution is -0.142. The number of ether oxygens (including phenoxy) is 2. The summed E-state index contributed by atoms with van der Waals surface area (Å²) in [5.41, 5.74) is 3.04. The van der Waals surface area contributed by atoms with Crippen LogP contribution in [-0.4, -0.2) is 12.6 Å². The van der Waals surface area contributed by atoms with Gasteiger partial charge in [-0.25, -0.2) is 0 Å². The quantitative estimate of drug-likeness (QED) is 0.605. The summed E-state index contributed by atoms with van der Waals surface area (Å²) in [6.45, 7) is 4.71. The summed E-state index contributed by atoms with van der Waals surface area (Å²) in [6, 6.07) is 15.8. The highest BCUT2D eigenvalue weighted by atomic mass is 32.1. The predicted molar refractivity (Wildman–Crippen MR) is 95.0 cm³/mol. The number of hydrogen-bond donors (Lipinski definition) is 1. The monoisotopic (exact) mass is 330 g/mol. The van der Waals surface area contributed by atoms with Crippen molar-refractivity contribution in [3.8, 4) is 5.75 Å². The molecule has 0 aliphatic heterocycles. The lowest BCUT2D eigenvalue weighted by Crippen LogP contribution is -2.13. The van der Waals surface area contributed by atoms with E-state index in [9.17, 15) is 4.79 Å². The maximum Gasteiger partial charge on any atom is 0.323 e. The van der Waals surface area contributed by atoms with Gasteiger partial charge in [-0.1, -0.05) is 43.3 Å². The molecular weight excluding hydrogens is 308 g/mol. The van der Waals surface area contributed by atoms with E-state index in [1.807, 2.05) is 55.5 Å². The Labute approximate surface area is 143 Å². The lowest BCUT2D eigenvalue weighted by atomic mass is 10.0. The topological polar surface area (TPSA) is 35.5 Å². The average molecular weight is 330 g/mol. The van der Waals surface area contributed by atoms with E-state index in [2.05, 4.69) is 12.6 Å². The Balaban J connectivity index is 2.11. The van der Waals surface area contributed by atoms with Gasteiger partial charge in [0, 0.05) is 0 Å². The molecule has 3 nitrogen and oxygen atoms in total. The number of esters is 1. The zero-order chi connectivity index (χ0) is 16.7. The molecule has 23 heavy (non-hydrogen) atoms. The maximum absolute atomic E-state index is 11.9. The van der Waals surface area contributed by atoms with Crippen molar-refractivity contribution < 1.29 is 14.3 Å². The molecule has 0 amide bonds. The van der Waals surface area contributed by atoms with Crippen molar-refractivity contribution >= 4 is 18.6 Å². The Hall–Kier alpha value is -1.94. The Morgan fingerprint density at radius 3 is 2.52 bits per heavy atom. The van der Waals surface area contributed by atoms with E-state index in [0.29, 0.717) is 13.2 Å². The molecule has 0 N–H and O–H groups in total. The molecule has 0 spiro atoms. The zero-order valence-electron chi connectivity index (χ0n) is 13.5. The van der Waals surface area contributed by atoms with Gasteiger partial charge >= 0.3 is 5.97 Å². The van der Waals surface area contributed by atoms with E-state index >= 15 is 0 Å². The summed E-state index contributed by atoms with van der Waals surface area (Å²) in [5, 5.41) is -0.562. The van der Waals surface area contributed by atoms with Crippen LogP contribution in [0.15, 0.2) is 48.5 Å². The molecule has 4 heteroatoms. The van der Waals surface area contributed by atoms with Gasteiger partial charge in [0.1, 0.15) is 17.6 Å². The Bertz CT molecular complexity index is 640. The van der Waals surface area contributed by atoms with E-state index in [1.54, 1.807) is 6.92 Å². The minimum absolute atomic E-state index is 0.316. The standard InChI is InChI=1S/C19H22O3S/c1-3-15-12-16(22-13-14-8-6-5-7-9-14)10-11-17(15)18(23)19(20)21-4-2/h5-12,18,23H,3-4,13H2,1-2H3. The first-order chi connectivity index (χ1) is 11.2. The third kappa shape index (κ3) is 4.76. The van der Waals surface area contributed by atoms with Crippen molar-refractivity contribution in [2.75, 3.05) is 6.61 Å². The van der Waals surface area contributed by atoms with Crippen LogP contribution in [0.25, 0.3) is 0 Å². The van der Waals surface area contributed by atoms with Crippen molar-refractivity contribution in [2.24, 2.45) is 0 Å². The second-order valence-corrected chi connectivity index (χ2v) is 5.66. The summed E-state index contributed by atoms with van der Waals surface area (Å²) in [5.74, 6) is 0.474. The van der Waals surface area contributed by atoms with E-state index in [4.69, 9.17) is 9.47 Å². The Morgan fingerprint density at radius 1 is 1.13 bits per heavy atom. The van der Waals surface area contributed by atoms with E-state index in [0.717, 1.165) is 28.9 Å². The molecule has 0 saturated carbocycles. The van der Waals surface area contributed by atoms with Crippen LogP contribution in [0, 0.1) is 0 Å². The number of carbonyl (C=O) groups is 1. The van der Waals surface area contributed by atoms with Gasteiger partial charge in [0.05, 0.1) is 6.61 Å². The summed E-state index contributed by atoms with van der Waals surface area (Å²) in [4.78, 5) is 11.9. The van der Waals surface area contributed by atoms with Crippen LogP contribution in [0.5, 0.6) is 5.75 Å². The minimum atomic E-state index is -0.562. The number of thiol groups is 1. The zero-order valence-corrected chi connectivity index (χ0v) is 14.4. The first-order valence-electron chi connectivity index (χ1n) is 7.80. The van der Waals surface area contributed by atoms with E-state index in [1.165, 1.54) is 0 Å². The average Bonchev–Trinajstić information content (AvgIpc) is 2.60. The Morgan fingerprint density at radius 2 is 1.87 bits per heavy atom. The molecule has 2 aromatic carbocycles. The van der Waals surface area contributed by atoms with Gasteiger partial charge in [0.2, 0.25) is 0 Å². The molecule has 0 bridgehead atoms. The first-order valence-corrected chi connectivity index (χ1v) is 8.31. The van der Waals surface area contributed by atoms with Crippen LogP contribution in [0.3, 0.4) is 0 Å². The number of benzene rings is 2. The molecule has 0 fully saturated rings. The highest BCUT2D eigenvalue weighted by molar-refractivity contribution is 7.81. The predicted octanol–water partition coefficient (Wildman–Crippen LogP) is 4.36. The molecular formula is C19H22O3S. The van der Waals surface area contributed by atoms with Crippen LogP contribution in [-0.2, 0) is 22.6 Å². The number of rotatable bonds is 7. The summed E-state index contributed by atoms with van der Waals surface area (Å²) >= 11 is 4.40. The van der Waals surface area contributed by atoms with Gasteiger partial charge in [-0.3, -0.25) is 4.79 Å². The van der Waals surface area contributed by atoms with Gasteiger partial charge in [-0.2, -0.15) is 12.6 Å². The highest BCUT2D eigenvalue weighted by Crippen LogP contribution is 2.29. The molecule has 1 atom stereocenters. The fourth-order valence-corrected chi connectivity index (χ4v) is 2.66. The fourth-order valence-electron chi connectivity index (χ4n) is 2.33. The van der Waals surface area contributed by atoms with Crippen molar-refractivity contribution in [1.82, 2.24) is 0 Å². The first kappa shape index (κ1) is 17.4. The van der Waals surface area contributed by atoms with E-state index in [-0.39, 0.29) is 5.97 Å². The SMILES string of the molecule is CCOC(=O)C(S)c1ccc(OCc2ccccc2)cc1CC. The number of carbonyl (C=O) groups excluding carboxylic acids is 1. The number of aryl methyl sites for hydroxylation is 1. The third-order valence-electron chi connectivity index (χ3n) is 3.55. The van der Waals surface area contributed by atoms with Crippen LogP contribution < -0.4 is 4.74 Å². The van der Waals surface area contributed by atoms with Crippen LogP contribution in [0.4, 0.5) is 0 Å². The molecule has 0 radical (unpaired) electrons. The van der Waals surface area contributed by atoms with E-state index < -0.39 is 5.25 Å². The van der Waals surface area contributed by atoms with Gasteiger partial charge in [-0.05, 0) is 42.2 Å². The maximum atomic E-state index is 11.9. The molecule has 1 unspecified atom stereocenters. The van der Waals surface area contributed by atoms with Crippen molar-refractivity contribution in [2.45, 2.75) is 32.1 Å². The fraction of sp³-hybridized carbons (Fsp3) is 0.316. The van der Waals surface area contributed by atoms with Crippen LogP contribution in [0.1, 0.15) is 35.8 Å². The molecule has 0 heterocycles. The third-order valence-corrected chi connectivity index (χ3v) is 4.04. The molecule has 0 aromatic heterocycles. The van der Waals surface area contributed by atoms with Crippen LogP contribution >= 0.6 is 12.6 Å². The molecule has 0 aliphatic carbocycles. The summed E-state index contributed by atoms with van der Waals surface area (Å²) in [6.07, 6.45) is 0.800. The summed E-state index contributed by atoms with van der Waals surface area (Å²) in [7, 11) is 0. The molecule has 0 aliphatic rings. The molecule has 2 rings (SSSR count). The van der Waals surface area contributed by atoms with Gasteiger partial charge in [0.15, 0.2) is 0 Å². The van der Waals surface area contributed by atoms with Crippen molar-refractivity contribution in [3.05, 3.63) is 65.2 Å². The molecule has 0 saturated heterocycles.